The molecule has 21 heavy (non-hydrogen) atoms. The first kappa shape index (κ1) is 15.0. The molecule has 1 atom stereocenters. The Morgan fingerprint density at radius 2 is 1.90 bits per heavy atom. The third-order valence-corrected chi connectivity index (χ3v) is 4.39. The molecule has 1 aliphatic carbocycles. The lowest BCUT2D eigenvalue weighted by Gasteiger charge is -2.42. The Morgan fingerprint density at radius 1 is 1.24 bits per heavy atom. The molecular weight excluding hydrogens is 292 g/mol. The molecule has 2 aliphatic rings. The normalized spacial score (nSPS) is 33.0. The number of rotatable bonds is 2. The van der Waals surface area contributed by atoms with Crippen LogP contribution in [0.2, 0.25) is 5.02 Å². The van der Waals surface area contributed by atoms with E-state index in [1.807, 2.05) is 24.3 Å². The highest BCUT2D eigenvalue weighted by Crippen LogP contribution is 2.37. The standard InChI is InChI=1S/C16H19ClO4/c1-11(12-2-4-13(17)5-3-12)15-10-19-16(21-20-15)8-6-14(18)7-9-16/h2-5,14-15,18H,1,6-10H2. The van der Waals surface area contributed by atoms with E-state index in [0.29, 0.717) is 37.3 Å². The van der Waals surface area contributed by atoms with Crippen LogP contribution in [0.4, 0.5) is 0 Å². The topological polar surface area (TPSA) is 47.9 Å². The minimum absolute atomic E-state index is 0.260. The van der Waals surface area contributed by atoms with Crippen molar-refractivity contribution in [2.75, 3.05) is 6.61 Å². The smallest absolute Gasteiger partial charge is 0.201 e. The number of hydrogen-bond acceptors (Lipinski definition) is 4. The number of aliphatic hydroxyl groups excluding tert-OH is 1. The number of hydrogen-bond donors (Lipinski definition) is 1. The second-order valence-electron chi connectivity index (χ2n) is 5.65. The van der Waals surface area contributed by atoms with Gasteiger partial charge in [-0.15, -0.1) is 0 Å². The zero-order valence-electron chi connectivity index (χ0n) is 11.8. The molecule has 0 amide bonds. The Balaban J connectivity index is 1.60. The first-order valence-electron chi connectivity index (χ1n) is 7.19. The van der Waals surface area contributed by atoms with Crippen LogP contribution >= 0.6 is 11.6 Å². The van der Waals surface area contributed by atoms with E-state index in [1.54, 1.807) is 0 Å². The van der Waals surface area contributed by atoms with Crippen LogP contribution in [-0.2, 0) is 14.5 Å². The summed E-state index contributed by atoms with van der Waals surface area (Å²) in [7, 11) is 0. The second-order valence-corrected chi connectivity index (χ2v) is 6.09. The number of aliphatic hydroxyl groups is 1. The fraction of sp³-hybridized carbons (Fsp3) is 0.500. The maximum absolute atomic E-state index is 9.56. The van der Waals surface area contributed by atoms with Gasteiger partial charge in [-0.05, 0) is 36.1 Å². The van der Waals surface area contributed by atoms with Crippen LogP contribution in [0.15, 0.2) is 30.8 Å². The van der Waals surface area contributed by atoms with Gasteiger partial charge in [-0.25, -0.2) is 9.78 Å². The van der Waals surface area contributed by atoms with Gasteiger partial charge in [0.05, 0.1) is 12.7 Å². The lowest BCUT2D eigenvalue weighted by atomic mass is 9.91. The molecule has 0 radical (unpaired) electrons. The highest BCUT2D eigenvalue weighted by atomic mass is 35.5. The molecule has 1 heterocycles. The molecule has 1 saturated heterocycles. The van der Waals surface area contributed by atoms with Crippen molar-refractivity contribution in [2.24, 2.45) is 0 Å². The number of ether oxygens (including phenoxy) is 1. The maximum Gasteiger partial charge on any atom is 0.201 e. The first-order valence-corrected chi connectivity index (χ1v) is 7.57. The average Bonchev–Trinajstić information content (AvgIpc) is 2.51. The zero-order chi connectivity index (χ0) is 14.9. The first-order chi connectivity index (χ1) is 10.1. The van der Waals surface area contributed by atoms with Crippen molar-refractivity contribution in [3.05, 3.63) is 41.4 Å². The molecule has 1 aromatic rings. The summed E-state index contributed by atoms with van der Waals surface area (Å²) in [6.07, 6.45) is 2.05. The number of halogens is 1. The molecule has 2 fully saturated rings. The van der Waals surface area contributed by atoms with E-state index >= 15 is 0 Å². The molecule has 3 rings (SSSR count). The molecule has 1 spiro atoms. The van der Waals surface area contributed by atoms with E-state index in [9.17, 15) is 5.11 Å². The molecule has 0 aromatic heterocycles. The summed E-state index contributed by atoms with van der Waals surface area (Å²) in [5.41, 5.74) is 1.75. The lowest BCUT2D eigenvalue weighted by molar-refractivity contribution is -0.484. The molecule has 4 nitrogen and oxygen atoms in total. The maximum atomic E-state index is 9.56. The minimum Gasteiger partial charge on any atom is -0.393 e. The van der Waals surface area contributed by atoms with Crippen LogP contribution < -0.4 is 0 Å². The molecule has 1 aliphatic heterocycles. The predicted molar refractivity (Wildman–Crippen MR) is 79.6 cm³/mol. The van der Waals surface area contributed by atoms with Crippen molar-refractivity contribution < 1.29 is 19.6 Å². The van der Waals surface area contributed by atoms with Gasteiger partial charge in [-0.3, -0.25) is 0 Å². The predicted octanol–water partition coefficient (Wildman–Crippen LogP) is 3.33. The molecular formula is C16H19ClO4. The summed E-state index contributed by atoms with van der Waals surface area (Å²) < 4.78 is 5.89. The molecule has 1 aromatic carbocycles. The van der Waals surface area contributed by atoms with Crippen molar-refractivity contribution in [3.8, 4) is 0 Å². The van der Waals surface area contributed by atoms with Crippen molar-refractivity contribution in [1.82, 2.24) is 0 Å². The summed E-state index contributed by atoms with van der Waals surface area (Å²) in [5.74, 6) is -0.698. The molecule has 1 N–H and O–H groups in total. The summed E-state index contributed by atoms with van der Waals surface area (Å²) in [5, 5.41) is 10.2. The van der Waals surface area contributed by atoms with Crippen LogP contribution in [-0.4, -0.2) is 29.7 Å². The Hall–Kier alpha value is -0.910. The third kappa shape index (κ3) is 3.30. The fourth-order valence-electron chi connectivity index (χ4n) is 2.70. The molecule has 1 unspecified atom stereocenters. The number of benzene rings is 1. The van der Waals surface area contributed by atoms with Gasteiger partial charge in [0.15, 0.2) is 0 Å². The van der Waals surface area contributed by atoms with Gasteiger partial charge >= 0.3 is 0 Å². The van der Waals surface area contributed by atoms with Crippen molar-refractivity contribution in [1.29, 1.82) is 0 Å². The Morgan fingerprint density at radius 3 is 2.48 bits per heavy atom. The van der Waals surface area contributed by atoms with Crippen molar-refractivity contribution >= 4 is 17.2 Å². The minimum atomic E-state index is -0.698. The Kier molecular flexibility index (Phi) is 4.33. The van der Waals surface area contributed by atoms with Crippen LogP contribution in [0.3, 0.4) is 0 Å². The monoisotopic (exact) mass is 310 g/mol. The summed E-state index contributed by atoms with van der Waals surface area (Å²) in [6, 6.07) is 7.43. The van der Waals surface area contributed by atoms with Crippen LogP contribution in [0.5, 0.6) is 0 Å². The summed E-state index contributed by atoms with van der Waals surface area (Å²) in [6.45, 7) is 4.46. The van der Waals surface area contributed by atoms with Gasteiger partial charge in [0.1, 0.15) is 6.10 Å². The molecule has 5 heteroatoms. The highest BCUT2D eigenvalue weighted by Gasteiger charge is 2.43. The van der Waals surface area contributed by atoms with Crippen molar-refractivity contribution in [3.63, 3.8) is 0 Å². The summed E-state index contributed by atoms with van der Waals surface area (Å²) in [4.78, 5) is 11.0. The van der Waals surface area contributed by atoms with E-state index in [0.717, 1.165) is 11.1 Å². The quantitative estimate of drug-likeness (QED) is 0.851. The lowest BCUT2D eigenvalue weighted by Crippen LogP contribution is -2.48. The SMILES string of the molecule is C=C(c1ccc(Cl)cc1)C1COC2(CCC(O)CC2)OO1. The zero-order valence-corrected chi connectivity index (χ0v) is 12.5. The van der Waals surface area contributed by atoms with Crippen molar-refractivity contribution in [2.45, 2.75) is 43.7 Å². The van der Waals surface area contributed by atoms with Gasteiger partial charge < -0.3 is 9.84 Å². The van der Waals surface area contributed by atoms with Gasteiger partial charge in [0.2, 0.25) is 5.79 Å². The highest BCUT2D eigenvalue weighted by molar-refractivity contribution is 6.30. The average molecular weight is 311 g/mol. The molecule has 1 saturated carbocycles. The van der Waals surface area contributed by atoms with Gasteiger partial charge in [0.25, 0.3) is 0 Å². The fourth-order valence-corrected chi connectivity index (χ4v) is 2.83. The third-order valence-electron chi connectivity index (χ3n) is 4.13. The van der Waals surface area contributed by atoms with Crippen LogP contribution in [0.1, 0.15) is 31.2 Å². The van der Waals surface area contributed by atoms with E-state index in [-0.39, 0.29) is 12.2 Å². The molecule has 114 valence electrons. The van der Waals surface area contributed by atoms with E-state index < -0.39 is 5.79 Å². The Bertz CT molecular complexity index is 496. The van der Waals surface area contributed by atoms with E-state index in [2.05, 4.69) is 6.58 Å². The Labute approximate surface area is 129 Å². The summed E-state index contributed by atoms with van der Waals surface area (Å²) >= 11 is 5.88. The van der Waals surface area contributed by atoms with E-state index in [4.69, 9.17) is 26.1 Å². The molecule has 0 bridgehead atoms. The van der Waals surface area contributed by atoms with Gasteiger partial charge in [0, 0.05) is 17.9 Å². The van der Waals surface area contributed by atoms with Gasteiger partial charge in [-0.2, -0.15) is 0 Å². The van der Waals surface area contributed by atoms with E-state index in [1.165, 1.54) is 0 Å². The van der Waals surface area contributed by atoms with Crippen LogP contribution in [0, 0.1) is 0 Å². The largest absolute Gasteiger partial charge is 0.393 e. The van der Waals surface area contributed by atoms with Crippen LogP contribution in [0.25, 0.3) is 5.57 Å². The second kappa shape index (κ2) is 6.07. The van der Waals surface area contributed by atoms with Gasteiger partial charge in [-0.1, -0.05) is 30.3 Å².